The molecule has 1 N–H and O–H groups in total. The number of nitrogens with zero attached hydrogens (tertiary/aromatic N) is 3. The molecule has 41 heavy (non-hydrogen) atoms. The molecule has 0 amide bonds. The number of thiazole rings is 1. The first-order valence-electron chi connectivity index (χ1n) is 12.6. The molecule has 5 aromatic rings. The molecule has 3 aromatic carbocycles. The number of fused-ring (bicyclic) bond motifs is 1. The van der Waals surface area contributed by atoms with Crippen LogP contribution in [0.4, 0.5) is 13.2 Å². The van der Waals surface area contributed by atoms with Crippen molar-refractivity contribution in [1.29, 1.82) is 0 Å². The van der Waals surface area contributed by atoms with Gasteiger partial charge in [-0.2, -0.15) is 0 Å². The summed E-state index contributed by atoms with van der Waals surface area (Å²) >= 11 is 6.85. The van der Waals surface area contributed by atoms with Crippen molar-refractivity contribution in [3.8, 4) is 16.5 Å². The van der Waals surface area contributed by atoms with Gasteiger partial charge in [0.25, 0.3) is 5.19 Å². The van der Waals surface area contributed by atoms with Crippen LogP contribution in [0.25, 0.3) is 22.3 Å². The van der Waals surface area contributed by atoms with E-state index in [2.05, 4.69) is 9.97 Å². The first-order chi connectivity index (χ1) is 19.7. The first kappa shape index (κ1) is 27.3. The second kappa shape index (κ2) is 11.2. The number of carboxylic acid groups (broad SMARTS) is 1. The molecule has 1 aliphatic rings. The number of aromatic carboxylic acids is 1. The average molecular weight is 600 g/mol. The van der Waals surface area contributed by atoms with E-state index in [9.17, 15) is 14.3 Å². The number of benzene rings is 3. The molecular formula is C29H21ClF3N3O4S. The first-order valence-corrected chi connectivity index (χ1v) is 13.9. The van der Waals surface area contributed by atoms with Crippen LogP contribution in [0.1, 0.15) is 33.7 Å². The number of imidazole rings is 1. The number of aromatic nitrogens is 3. The Hall–Kier alpha value is -3.93. The van der Waals surface area contributed by atoms with Gasteiger partial charge >= 0.3 is 5.97 Å². The Morgan fingerprint density at radius 1 is 1.07 bits per heavy atom. The normalized spacial score (nSPS) is 14.8. The van der Waals surface area contributed by atoms with Crippen LogP contribution in [0.2, 0.25) is 5.02 Å². The summed E-state index contributed by atoms with van der Waals surface area (Å²) in [7, 11) is 0. The summed E-state index contributed by atoms with van der Waals surface area (Å²) in [5, 5.41) is 11.4. The molecule has 1 fully saturated rings. The topological polar surface area (TPSA) is 86.5 Å². The number of carbonyl (C=O) groups is 1. The Bertz CT molecular complexity index is 1790. The Morgan fingerprint density at radius 2 is 1.88 bits per heavy atom. The fraction of sp³-hybridized carbons (Fsp3) is 0.207. The largest absolute Gasteiger partial charge is 0.478 e. The Labute approximate surface area is 240 Å². The fourth-order valence-corrected chi connectivity index (χ4v) is 5.42. The van der Waals surface area contributed by atoms with Crippen LogP contribution in [0.5, 0.6) is 5.19 Å². The molecule has 0 unspecified atom stereocenters. The minimum absolute atomic E-state index is 0.0229. The maximum Gasteiger partial charge on any atom is 0.335 e. The molecule has 0 bridgehead atoms. The summed E-state index contributed by atoms with van der Waals surface area (Å²) in [4.78, 5) is 20.4. The van der Waals surface area contributed by atoms with Crippen LogP contribution in [0.15, 0.2) is 53.9 Å². The summed E-state index contributed by atoms with van der Waals surface area (Å²) in [6.45, 7) is 0.945. The lowest BCUT2D eigenvalue weighted by Crippen LogP contribution is -2.31. The van der Waals surface area contributed by atoms with Crippen molar-refractivity contribution in [2.75, 3.05) is 6.61 Å². The van der Waals surface area contributed by atoms with Gasteiger partial charge in [-0.3, -0.25) is 0 Å². The van der Waals surface area contributed by atoms with Gasteiger partial charge in [0.1, 0.15) is 29.9 Å². The van der Waals surface area contributed by atoms with Gasteiger partial charge in [0, 0.05) is 34.6 Å². The lowest BCUT2D eigenvalue weighted by Gasteiger charge is -2.27. The van der Waals surface area contributed by atoms with Crippen LogP contribution >= 0.6 is 22.9 Å². The van der Waals surface area contributed by atoms with Crippen LogP contribution < -0.4 is 4.74 Å². The van der Waals surface area contributed by atoms with Gasteiger partial charge in [0.05, 0.1) is 34.9 Å². The summed E-state index contributed by atoms with van der Waals surface area (Å²) in [5.74, 6) is -2.46. The van der Waals surface area contributed by atoms with Crippen molar-refractivity contribution >= 4 is 39.9 Å². The summed E-state index contributed by atoms with van der Waals surface area (Å²) in [6, 6.07) is 11.0. The standard InChI is InChI=1S/C29H21ClF3N3O4S/c30-18-3-1-16(21(31)10-18)13-40-29-35-25(14-41-29)20-11-22(32)17(7-23(20)33)9-27-34-24-4-2-15(28(37)38)8-26(24)36(27)12-19-5-6-39-19/h1-4,7-8,10-11,14,19H,5-6,9,12-13H2,(H,37,38)/t19-/m0/s1. The molecule has 12 heteroatoms. The van der Waals surface area contributed by atoms with Crippen molar-refractivity contribution < 1.29 is 32.5 Å². The van der Waals surface area contributed by atoms with E-state index in [4.69, 9.17) is 21.1 Å². The number of hydrogen-bond acceptors (Lipinski definition) is 6. The molecule has 1 aliphatic heterocycles. The van der Waals surface area contributed by atoms with E-state index in [1.807, 2.05) is 4.57 Å². The molecule has 7 nitrogen and oxygen atoms in total. The number of hydrogen-bond donors (Lipinski definition) is 1. The molecule has 0 aliphatic carbocycles. The SMILES string of the molecule is O=C(O)c1ccc2nc(Cc3cc(F)c(-c4csc(OCc5ccc(Cl)cc5F)n4)cc3F)n(C[C@@H]3CCO3)c2c1. The number of ether oxygens (including phenoxy) is 2. The van der Waals surface area contributed by atoms with Gasteiger partial charge < -0.3 is 19.1 Å². The van der Waals surface area contributed by atoms with Crippen molar-refractivity contribution in [3.63, 3.8) is 0 Å². The van der Waals surface area contributed by atoms with Gasteiger partial charge in [-0.15, -0.1) is 0 Å². The highest BCUT2D eigenvalue weighted by Crippen LogP contribution is 2.32. The Kier molecular flexibility index (Phi) is 7.41. The lowest BCUT2D eigenvalue weighted by molar-refractivity contribution is -0.0589. The van der Waals surface area contributed by atoms with Crippen LogP contribution in [0, 0.1) is 17.5 Å². The second-order valence-corrected chi connectivity index (χ2v) is 10.8. The molecule has 1 atom stereocenters. The second-order valence-electron chi connectivity index (χ2n) is 9.55. The third-order valence-corrected chi connectivity index (χ3v) is 7.85. The van der Waals surface area contributed by atoms with E-state index in [1.54, 1.807) is 12.1 Å². The van der Waals surface area contributed by atoms with Crippen molar-refractivity contribution in [1.82, 2.24) is 14.5 Å². The smallest absolute Gasteiger partial charge is 0.335 e. The molecule has 0 radical (unpaired) electrons. The third kappa shape index (κ3) is 5.65. The van der Waals surface area contributed by atoms with Gasteiger partial charge in [-0.25, -0.2) is 27.9 Å². The van der Waals surface area contributed by atoms with Gasteiger partial charge in [-0.05, 0) is 54.4 Å². The van der Waals surface area contributed by atoms with Gasteiger partial charge in [0.2, 0.25) is 0 Å². The predicted molar refractivity (Wildman–Crippen MR) is 147 cm³/mol. The number of rotatable bonds is 9. The van der Waals surface area contributed by atoms with E-state index < -0.39 is 23.4 Å². The zero-order valence-corrected chi connectivity index (χ0v) is 22.8. The summed E-state index contributed by atoms with van der Waals surface area (Å²) < 4.78 is 57.6. The molecular weight excluding hydrogens is 579 g/mol. The zero-order chi connectivity index (χ0) is 28.7. The van der Waals surface area contributed by atoms with Crippen LogP contribution in [-0.4, -0.2) is 38.3 Å². The maximum absolute atomic E-state index is 15.3. The molecule has 0 spiro atoms. The fourth-order valence-electron chi connectivity index (χ4n) is 4.59. The molecule has 0 saturated carbocycles. The molecule has 6 rings (SSSR count). The monoisotopic (exact) mass is 599 g/mol. The van der Waals surface area contributed by atoms with E-state index >= 15 is 8.78 Å². The van der Waals surface area contributed by atoms with Crippen LogP contribution in [0.3, 0.4) is 0 Å². The Morgan fingerprint density at radius 3 is 2.61 bits per heavy atom. The molecule has 210 valence electrons. The van der Waals surface area contributed by atoms with Crippen molar-refractivity contribution in [2.45, 2.75) is 32.1 Å². The zero-order valence-electron chi connectivity index (χ0n) is 21.2. The van der Waals surface area contributed by atoms with Crippen molar-refractivity contribution in [3.05, 3.63) is 98.9 Å². The quantitative estimate of drug-likeness (QED) is 0.199. The summed E-state index contributed by atoms with van der Waals surface area (Å²) in [5.41, 5.74) is 1.74. The predicted octanol–water partition coefficient (Wildman–Crippen LogP) is 6.89. The van der Waals surface area contributed by atoms with E-state index in [0.717, 1.165) is 29.9 Å². The molecule has 3 heterocycles. The highest BCUT2D eigenvalue weighted by atomic mass is 35.5. The Balaban J connectivity index is 1.25. The molecule has 2 aromatic heterocycles. The third-order valence-electron chi connectivity index (χ3n) is 6.86. The van der Waals surface area contributed by atoms with Crippen LogP contribution in [-0.2, 0) is 24.3 Å². The molecule has 1 saturated heterocycles. The number of halogens is 4. The highest BCUT2D eigenvalue weighted by molar-refractivity contribution is 7.11. The average Bonchev–Trinajstić information content (AvgIpc) is 3.51. The maximum atomic E-state index is 15.3. The van der Waals surface area contributed by atoms with Gasteiger partial charge in [0.15, 0.2) is 0 Å². The van der Waals surface area contributed by atoms with E-state index in [-0.39, 0.29) is 57.3 Å². The lowest BCUT2D eigenvalue weighted by atomic mass is 10.1. The van der Waals surface area contributed by atoms with Gasteiger partial charge in [-0.1, -0.05) is 29.0 Å². The minimum Gasteiger partial charge on any atom is -0.478 e. The highest BCUT2D eigenvalue weighted by Gasteiger charge is 2.24. The van der Waals surface area contributed by atoms with E-state index in [1.165, 1.54) is 29.6 Å². The summed E-state index contributed by atoms with van der Waals surface area (Å²) in [6.07, 6.45) is 0.745. The van der Waals surface area contributed by atoms with E-state index in [0.29, 0.717) is 30.0 Å². The minimum atomic E-state index is -1.07. The van der Waals surface area contributed by atoms with Crippen molar-refractivity contribution in [2.24, 2.45) is 0 Å². The number of carboxylic acids is 1.